The predicted molar refractivity (Wildman–Crippen MR) is 86.0 cm³/mol. The topological polar surface area (TPSA) is 58.2 Å². The van der Waals surface area contributed by atoms with Crippen LogP contribution in [0.15, 0.2) is 23.1 Å². The maximum Gasteiger partial charge on any atom is 0.240 e. The fourth-order valence-electron chi connectivity index (χ4n) is 2.30. The number of rotatable bonds is 6. The molecule has 1 aliphatic heterocycles. The number of sulfonamides is 1. The number of fused-ring (bicyclic) bond motifs is 1. The first-order valence-electron chi connectivity index (χ1n) is 6.88. The van der Waals surface area contributed by atoms with E-state index >= 15 is 0 Å². The highest BCUT2D eigenvalue weighted by Gasteiger charge is 2.18. The summed E-state index contributed by atoms with van der Waals surface area (Å²) in [4.78, 5) is 0.372. The van der Waals surface area contributed by atoms with Gasteiger partial charge in [-0.1, -0.05) is 6.92 Å². The minimum atomic E-state index is -3.39. The number of hydrogen-bond acceptors (Lipinski definition) is 4. The average molecular weight is 314 g/mol. The highest BCUT2D eigenvalue weighted by molar-refractivity contribution is 7.98. The summed E-state index contributed by atoms with van der Waals surface area (Å²) < 4.78 is 27.3. The van der Waals surface area contributed by atoms with Gasteiger partial charge in [0.05, 0.1) is 4.90 Å². The van der Waals surface area contributed by atoms with E-state index in [0.29, 0.717) is 17.4 Å². The molecule has 20 heavy (non-hydrogen) atoms. The van der Waals surface area contributed by atoms with Crippen LogP contribution < -0.4 is 10.0 Å². The van der Waals surface area contributed by atoms with Crippen molar-refractivity contribution in [2.75, 3.05) is 30.4 Å². The van der Waals surface area contributed by atoms with Gasteiger partial charge in [-0.25, -0.2) is 13.1 Å². The zero-order chi connectivity index (χ0) is 14.6. The van der Waals surface area contributed by atoms with Gasteiger partial charge in [0, 0.05) is 18.8 Å². The molecule has 2 rings (SSSR count). The van der Waals surface area contributed by atoms with Gasteiger partial charge in [0.2, 0.25) is 10.0 Å². The van der Waals surface area contributed by atoms with E-state index in [0.717, 1.165) is 36.4 Å². The summed E-state index contributed by atoms with van der Waals surface area (Å²) in [6, 6.07) is 5.34. The van der Waals surface area contributed by atoms with Crippen molar-refractivity contribution in [2.45, 2.75) is 24.7 Å². The van der Waals surface area contributed by atoms with Crippen LogP contribution in [0, 0.1) is 5.92 Å². The summed E-state index contributed by atoms with van der Waals surface area (Å²) in [5, 5.41) is 3.29. The lowest BCUT2D eigenvalue weighted by Crippen LogP contribution is -2.29. The lowest BCUT2D eigenvalue weighted by atomic mass is 10.0. The largest absolute Gasteiger partial charge is 0.385 e. The molecule has 0 radical (unpaired) electrons. The first-order valence-corrected chi connectivity index (χ1v) is 9.76. The molecular formula is C14H22N2O2S2. The second kappa shape index (κ2) is 6.83. The molecule has 0 spiro atoms. The van der Waals surface area contributed by atoms with E-state index in [2.05, 4.69) is 17.0 Å². The van der Waals surface area contributed by atoms with Crippen LogP contribution in [0.25, 0.3) is 0 Å². The maximum absolute atomic E-state index is 12.3. The lowest BCUT2D eigenvalue weighted by molar-refractivity contribution is 0.562. The maximum atomic E-state index is 12.3. The van der Waals surface area contributed by atoms with Crippen LogP contribution in [-0.4, -0.2) is 33.5 Å². The number of hydrogen-bond donors (Lipinski definition) is 2. The number of anilines is 1. The van der Waals surface area contributed by atoms with Crippen LogP contribution in [0.2, 0.25) is 0 Å². The Morgan fingerprint density at radius 3 is 3.00 bits per heavy atom. The van der Waals surface area contributed by atoms with Gasteiger partial charge >= 0.3 is 0 Å². The van der Waals surface area contributed by atoms with Gasteiger partial charge in [-0.05, 0) is 54.5 Å². The third kappa shape index (κ3) is 3.90. The van der Waals surface area contributed by atoms with Crippen LogP contribution in [0.4, 0.5) is 5.69 Å². The second-order valence-corrected chi connectivity index (χ2v) is 7.94. The Labute approximate surface area is 125 Å². The van der Waals surface area contributed by atoms with E-state index in [4.69, 9.17) is 0 Å². The Kier molecular flexibility index (Phi) is 5.35. The molecule has 0 saturated heterocycles. The van der Waals surface area contributed by atoms with Crippen molar-refractivity contribution in [1.82, 2.24) is 4.72 Å². The third-order valence-corrected chi connectivity index (χ3v) is 5.72. The first kappa shape index (κ1) is 15.7. The van der Waals surface area contributed by atoms with Gasteiger partial charge in [0.1, 0.15) is 0 Å². The number of benzene rings is 1. The van der Waals surface area contributed by atoms with E-state index in [1.807, 2.05) is 12.3 Å². The summed E-state index contributed by atoms with van der Waals surface area (Å²) in [6.45, 7) is 3.50. The molecule has 0 aromatic heterocycles. The predicted octanol–water partition coefficient (Wildman–Crippen LogP) is 2.32. The summed E-state index contributed by atoms with van der Waals surface area (Å²) in [7, 11) is -3.39. The zero-order valence-corrected chi connectivity index (χ0v) is 13.6. The van der Waals surface area contributed by atoms with Gasteiger partial charge in [-0.2, -0.15) is 11.8 Å². The first-order chi connectivity index (χ1) is 9.53. The highest BCUT2D eigenvalue weighted by atomic mass is 32.2. The van der Waals surface area contributed by atoms with Crippen molar-refractivity contribution in [2.24, 2.45) is 5.92 Å². The van der Waals surface area contributed by atoms with E-state index in [9.17, 15) is 8.42 Å². The highest BCUT2D eigenvalue weighted by Crippen LogP contribution is 2.24. The summed E-state index contributed by atoms with van der Waals surface area (Å²) in [5.74, 6) is 1.29. The summed E-state index contributed by atoms with van der Waals surface area (Å²) >= 11 is 1.73. The van der Waals surface area contributed by atoms with E-state index in [1.54, 1.807) is 23.9 Å². The lowest BCUT2D eigenvalue weighted by Gasteiger charge is -2.19. The van der Waals surface area contributed by atoms with Crippen LogP contribution in [0.1, 0.15) is 18.9 Å². The zero-order valence-electron chi connectivity index (χ0n) is 12.0. The molecule has 0 amide bonds. The Morgan fingerprint density at radius 1 is 1.45 bits per heavy atom. The Morgan fingerprint density at radius 2 is 2.25 bits per heavy atom. The molecule has 1 aliphatic rings. The van der Waals surface area contributed by atoms with Crippen LogP contribution in [-0.2, 0) is 16.4 Å². The Bertz CT molecular complexity index is 558. The van der Waals surface area contributed by atoms with Gasteiger partial charge in [0.25, 0.3) is 0 Å². The van der Waals surface area contributed by atoms with Crippen molar-refractivity contribution in [3.63, 3.8) is 0 Å². The molecule has 0 fully saturated rings. The average Bonchev–Trinajstić information content (AvgIpc) is 2.45. The quantitative estimate of drug-likeness (QED) is 0.846. The molecular weight excluding hydrogens is 292 g/mol. The molecule has 1 aromatic rings. The molecule has 6 heteroatoms. The molecule has 0 aliphatic carbocycles. The van der Waals surface area contributed by atoms with Gasteiger partial charge < -0.3 is 5.32 Å². The molecule has 1 heterocycles. The van der Waals surface area contributed by atoms with Gasteiger partial charge in [0.15, 0.2) is 0 Å². The summed E-state index contributed by atoms with van der Waals surface area (Å²) in [5.41, 5.74) is 2.15. The van der Waals surface area contributed by atoms with Crippen LogP contribution in [0.5, 0.6) is 0 Å². The number of aryl methyl sites for hydroxylation is 1. The van der Waals surface area contributed by atoms with Crippen molar-refractivity contribution >= 4 is 27.5 Å². The van der Waals surface area contributed by atoms with Crippen molar-refractivity contribution < 1.29 is 8.42 Å². The molecule has 1 atom stereocenters. The number of thioether (sulfide) groups is 1. The molecule has 1 aromatic carbocycles. The molecule has 2 N–H and O–H groups in total. The smallest absolute Gasteiger partial charge is 0.240 e. The van der Waals surface area contributed by atoms with Crippen LogP contribution in [0.3, 0.4) is 0 Å². The van der Waals surface area contributed by atoms with Crippen molar-refractivity contribution in [3.8, 4) is 0 Å². The third-order valence-electron chi connectivity index (χ3n) is 3.40. The molecule has 112 valence electrons. The monoisotopic (exact) mass is 314 g/mol. The van der Waals surface area contributed by atoms with Crippen LogP contribution >= 0.6 is 11.8 Å². The Hall–Kier alpha value is -0.720. The minimum Gasteiger partial charge on any atom is -0.385 e. The Balaban J connectivity index is 2.09. The molecule has 1 unspecified atom stereocenters. The van der Waals surface area contributed by atoms with E-state index in [1.165, 1.54) is 0 Å². The molecule has 0 bridgehead atoms. The second-order valence-electron chi connectivity index (χ2n) is 5.26. The fraction of sp³-hybridized carbons (Fsp3) is 0.571. The molecule has 0 saturated carbocycles. The van der Waals surface area contributed by atoms with E-state index < -0.39 is 10.0 Å². The van der Waals surface area contributed by atoms with E-state index in [-0.39, 0.29) is 0 Å². The van der Waals surface area contributed by atoms with Gasteiger partial charge in [-0.3, -0.25) is 0 Å². The van der Waals surface area contributed by atoms with Gasteiger partial charge in [-0.15, -0.1) is 0 Å². The SMILES string of the molecule is CSCC(C)CNS(=O)(=O)c1ccc2c(c1)CCCN2. The number of nitrogens with one attached hydrogen (secondary N) is 2. The fourth-order valence-corrected chi connectivity index (χ4v) is 4.20. The minimum absolute atomic E-state index is 0.332. The van der Waals surface area contributed by atoms with Crippen molar-refractivity contribution in [1.29, 1.82) is 0 Å². The molecule has 4 nitrogen and oxygen atoms in total. The normalized spacial score (nSPS) is 16.3. The standard InChI is InChI=1S/C14H22N2O2S2/c1-11(10-19-2)9-16-20(17,18)13-5-6-14-12(8-13)4-3-7-15-14/h5-6,8,11,15-16H,3-4,7,9-10H2,1-2H3. The van der Waals surface area contributed by atoms with Crippen molar-refractivity contribution in [3.05, 3.63) is 23.8 Å². The summed E-state index contributed by atoms with van der Waals surface area (Å²) in [6.07, 6.45) is 4.02.